The van der Waals surface area contributed by atoms with Crippen molar-refractivity contribution in [1.82, 2.24) is 9.80 Å². The number of piperazine rings is 1. The summed E-state index contributed by atoms with van der Waals surface area (Å²) in [6.45, 7) is 8.68. The first-order valence-corrected chi connectivity index (χ1v) is 12.3. The quantitative estimate of drug-likeness (QED) is 0.280. The van der Waals surface area contributed by atoms with Crippen LogP contribution in [0.2, 0.25) is 5.02 Å². The first kappa shape index (κ1) is 27.9. The molecule has 1 aliphatic heterocycles. The molecule has 3 rings (SSSR count). The standard InChI is InChI=1S/C27H32ClN5O4/c1-27(2,3)37-26(36)33-11-9-32(10-12-33)17-18-5-4-6-19(13-18)25(35)31-23-8-7-21(28)14-22(23)24(34)20(15-29)16-30/h4-8,13-16,29H,9-12,17,30H2,1-3H3,(H,31,35)/b20-16+,29-15?. The van der Waals surface area contributed by atoms with Crippen molar-refractivity contribution in [1.29, 1.82) is 5.41 Å². The van der Waals surface area contributed by atoms with E-state index in [0.29, 0.717) is 43.3 Å². The van der Waals surface area contributed by atoms with Crippen molar-refractivity contribution < 1.29 is 19.1 Å². The van der Waals surface area contributed by atoms with E-state index < -0.39 is 11.4 Å². The Morgan fingerprint density at radius 1 is 1.11 bits per heavy atom. The third-order valence-corrected chi connectivity index (χ3v) is 5.93. The number of halogens is 1. The average Bonchev–Trinajstić information content (AvgIpc) is 2.85. The van der Waals surface area contributed by atoms with Gasteiger partial charge in [0, 0.05) is 61.3 Å². The maximum atomic E-state index is 13.0. The summed E-state index contributed by atoms with van der Waals surface area (Å²) >= 11 is 6.07. The summed E-state index contributed by atoms with van der Waals surface area (Å²) in [7, 11) is 0. The summed E-state index contributed by atoms with van der Waals surface area (Å²) in [5.74, 6) is -0.907. The molecule has 2 aromatic carbocycles. The fourth-order valence-electron chi connectivity index (χ4n) is 3.84. The molecule has 0 aromatic heterocycles. The van der Waals surface area contributed by atoms with E-state index in [9.17, 15) is 14.4 Å². The van der Waals surface area contributed by atoms with Gasteiger partial charge < -0.3 is 26.1 Å². The second-order valence-electron chi connectivity index (χ2n) is 9.68. The minimum atomic E-state index is -0.529. The van der Waals surface area contributed by atoms with Gasteiger partial charge in [-0.3, -0.25) is 14.5 Å². The Morgan fingerprint density at radius 3 is 2.43 bits per heavy atom. The van der Waals surface area contributed by atoms with Gasteiger partial charge in [-0.25, -0.2) is 4.79 Å². The number of ether oxygens (including phenoxy) is 1. The zero-order chi connectivity index (χ0) is 27.2. The Hall–Kier alpha value is -3.69. The first-order chi connectivity index (χ1) is 17.5. The Balaban J connectivity index is 1.66. The van der Waals surface area contributed by atoms with Crippen LogP contribution in [-0.4, -0.2) is 65.6 Å². The highest BCUT2D eigenvalue weighted by Gasteiger charge is 2.26. The van der Waals surface area contributed by atoms with Crippen molar-refractivity contribution in [3.05, 3.63) is 76.0 Å². The second kappa shape index (κ2) is 12.0. The van der Waals surface area contributed by atoms with E-state index in [2.05, 4.69) is 10.2 Å². The predicted molar refractivity (Wildman–Crippen MR) is 144 cm³/mol. The van der Waals surface area contributed by atoms with Crippen molar-refractivity contribution in [3.8, 4) is 0 Å². The summed E-state index contributed by atoms with van der Waals surface area (Å²) in [5, 5.41) is 10.5. The van der Waals surface area contributed by atoms with Crippen LogP contribution >= 0.6 is 11.6 Å². The highest BCUT2D eigenvalue weighted by atomic mass is 35.5. The molecular formula is C27H32ClN5O4. The Bertz CT molecular complexity index is 1210. The minimum absolute atomic E-state index is 0.0217. The van der Waals surface area contributed by atoms with Gasteiger partial charge in [-0.2, -0.15) is 0 Å². The molecule has 9 nitrogen and oxygen atoms in total. The van der Waals surface area contributed by atoms with E-state index in [0.717, 1.165) is 18.0 Å². The molecule has 1 fully saturated rings. The SMILES string of the molecule is CC(C)(C)OC(=O)N1CCN(Cc2cccc(C(=O)Nc3ccc(Cl)cc3C(=O)/C(C=N)=C/N)c2)CC1. The summed E-state index contributed by atoms with van der Waals surface area (Å²) in [6.07, 6.45) is 1.59. The van der Waals surface area contributed by atoms with Crippen LogP contribution < -0.4 is 11.1 Å². The van der Waals surface area contributed by atoms with Crippen LogP contribution in [0.3, 0.4) is 0 Å². The van der Waals surface area contributed by atoms with Crippen LogP contribution in [0.4, 0.5) is 10.5 Å². The molecule has 4 N–H and O–H groups in total. The van der Waals surface area contributed by atoms with Crippen LogP contribution in [0.25, 0.3) is 0 Å². The lowest BCUT2D eigenvalue weighted by Crippen LogP contribution is -2.49. The van der Waals surface area contributed by atoms with E-state index in [4.69, 9.17) is 27.5 Å². The maximum absolute atomic E-state index is 13.0. The van der Waals surface area contributed by atoms with Gasteiger partial charge in [0.2, 0.25) is 0 Å². The fourth-order valence-corrected chi connectivity index (χ4v) is 4.01. The van der Waals surface area contributed by atoms with E-state index in [1.807, 2.05) is 26.8 Å². The normalized spacial score (nSPS) is 14.7. The summed E-state index contributed by atoms with van der Waals surface area (Å²) in [6, 6.07) is 11.8. The zero-order valence-electron chi connectivity index (χ0n) is 21.2. The first-order valence-electron chi connectivity index (χ1n) is 11.9. The number of carbonyl (C=O) groups is 3. The molecule has 1 heterocycles. The molecule has 2 amide bonds. The van der Waals surface area contributed by atoms with Crippen LogP contribution in [-0.2, 0) is 11.3 Å². The van der Waals surface area contributed by atoms with Crippen LogP contribution in [0.1, 0.15) is 47.1 Å². The van der Waals surface area contributed by atoms with Gasteiger partial charge in [-0.15, -0.1) is 0 Å². The zero-order valence-corrected chi connectivity index (χ0v) is 22.0. The second-order valence-corrected chi connectivity index (χ2v) is 10.1. The number of nitrogens with two attached hydrogens (primary N) is 1. The number of hydrogen-bond donors (Lipinski definition) is 3. The Morgan fingerprint density at radius 2 is 1.81 bits per heavy atom. The number of allylic oxidation sites excluding steroid dienone is 1. The number of ketones is 1. The van der Waals surface area contributed by atoms with E-state index >= 15 is 0 Å². The largest absolute Gasteiger partial charge is 0.444 e. The number of Topliss-reactive ketones (excluding diaryl/α,β-unsaturated/α-hetero) is 1. The van der Waals surface area contributed by atoms with Gasteiger partial charge >= 0.3 is 6.09 Å². The molecule has 1 aliphatic rings. The van der Waals surface area contributed by atoms with Crippen LogP contribution in [0, 0.1) is 5.41 Å². The molecule has 0 atom stereocenters. The highest BCUT2D eigenvalue weighted by Crippen LogP contribution is 2.24. The number of anilines is 1. The van der Waals surface area contributed by atoms with Crippen molar-refractivity contribution in [2.75, 3.05) is 31.5 Å². The molecule has 2 aromatic rings. The molecule has 1 saturated heterocycles. The number of amides is 2. The van der Waals surface area contributed by atoms with Gasteiger partial charge in [0.05, 0.1) is 11.3 Å². The molecule has 0 saturated carbocycles. The summed E-state index contributed by atoms with van der Waals surface area (Å²) in [4.78, 5) is 42.0. The van der Waals surface area contributed by atoms with Gasteiger partial charge in [0.1, 0.15) is 5.60 Å². The molecule has 0 spiro atoms. The third-order valence-electron chi connectivity index (χ3n) is 5.69. The van der Waals surface area contributed by atoms with Crippen molar-refractivity contribution >= 4 is 41.3 Å². The van der Waals surface area contributed by atoms with E-state index in [-0.39, 0.29) is 28.8 Å². The fraction of sp³-hybridized carbons (Fsp3) is 0.333. The number of benzene rings is 2. The number of rotatable bonds is 7. The highest BCUT2D eigenvalue weighted by molar-refractivity contribution is 6.32. The molecule has 0 radical (unpaired) electrons. The van der Waals surface area contributed by atoms with Gasteiger partial charge in [0.15, 0.2) is 5.78 Å². The molecule has 196 valence electrons. The molecular weight excluding hydrogens is 494 g/mol. The Labute approximate surface area is 221 Å². The molecule has 37 heavy (non-hydrogen) atoms. The number of hydrogen-bond acceptors (Lipinski definition) is 7. The number of nitrogens with zero attached hydrogens (tertiary/aromatic N) is 2. The average molecular weight is 526 g/mol. The van der Waals surface area contributed by atoms with Crippen LogP contribution in [0.5, 0.6) is 0 Å². The van der Waals surface area contributed by atoms with Crippen LogP contribution in [0.15, 0.2) is 54.2 Å². The Kier molecular flexibility index (Phi) is 9.07. The number of nitrogens with one attached hydrogen (secondary N) is 2. The maximum Gasteiger partial charge on any atom is 0.410 e. The van der Waals surface area contributed by atoms with Crippen molar-refractivity contribution in [3.63, 3.8) is 0 Å². The molecule has 0 aliphatic carbocycles. The number of carbonyl (C=O) groups excluding carboxylic acids is 3. The molecule has 0 unspecified atom stereocenters. The summed E-state index contributed by atoms with van der Waals surface area (Å²) < 4.78 is 5.45. The topological polar surface area (TPSA) is 129 Å². The molecule has 0 bridgehead atoms. The summed E-state index contributed by atoms with van der Waals surface area (Å²) in [5.41, 5.74) is 6.69. The molecule has 10 heteroatoms. The predicted octanol–water partition coefficient (Wildman–Crippen LogP) is 4.32. The minimum Gasteiger partial charge on any atom is -0.444 e. The lowest BCUT2D eigenvalue weighted by molar-refractivity contribution is 0.0139. The monoisotopic (exact) mass is 525 g/mol. The van der Waals surface area contributed by atoms with Crippen molar-refractivity contribution in [2.45, 2.75) is 32.9 Å². The van der Waals surface area contributed by atoms with Crippen molar-refractivity contribution in [2.24, 2.45) is 5.73 Å². The van der Waals surface area contributed by atoms with Gasteiger partial charge in [-0.05, 0) is 56.7 Å². The van der Waals surface area contributed by atoms with E-state index in [1.165, 1.54) is 6.07 Å². The lowest BCUT2D eigenvalue weighted by atomic mass is 10.0. The third kappa shape index (κ3) is 7.65. The van der Waals surface area contributed by atoms with E-state index in [1.54, 1.807) is 35.2 Å². The lowest BCUT2D eigenvalue weighted by Gasteiger charge is -2.35. The smallest absolute Gasteiger partial charge is 0.410 e. The van der Waals surface area contributed by atoms with Gasteiger partial charge in [0.25, 0.3) is 5.91 Å². The van der Waals surface area contributed by atoms with Gasteiger partial charge in [-0.1, -0.05) is 23.7 Å².